The van der Waals surface area contributed by atoms with Crippen LogP contribution in [0.4, 0.5) is 0 Å². The van der Waals surface area contributed by atoms with Crippen molar-refractivity contribution in [1.29, 1.82) is 0 Å². The Morgan fingerprint density at radius 1 is 1.10 bits per heavy atom. The molecular weight excluding hydrogens is 142 g/mol. The Balaban J connectivity index is 0. The molecule has 0 radical (unpaired) electrons. The minimum absolute atomic E-state index is 0. The van der Waals surface area contributed by atoms with Gasteiger partial charge in [-0.15, -0.1) is 0 Å². The van der Waals surface area contributed by atoms with Crippen LogP contribution in [0.5, 0.6) is 0 Å². The average Bonchev–Trinajstić information content (AvgIpc) is 1.63. The van der Waals surface area contributed by atoms with Crippen molar-refractivity contribution in [3.05, 3.63) is 0 Å². The molecule has 1 unspecified atom stereocenters. The van der Waals surface area contributed by atoms with Crippen molar-refractivity contribution in [2.24, 2.45) is 11.7 Å². The van der Waals surface area contributed by atoms with Crippen molar-refractivity contribution in [3.8, 4) is 0 Å². The van der Waals surface area contributed by atoms with Crippen molar-refractivity contribution >= 4 is 13.5 Å². The average molecular weight is 163 g/mol. The molecule has 1 nitrogen and oxygen atoms in total. The summed E-state index contributed by atoms with van der Waals surface area (Å²) in [4.78, 5) is 0. The van der Waals surface area contributed by atoms with Gasteiger partial charge in [0.2, 0.25) is 0 Å². The molecular formula is C8H21NS. The van der Waals surface area contributed by atoms with Gasteiger partial charge in [-0.1, -0.05) is 26.7 Å². The monoisotopic (exact) mass is 163 g/mol. The first kappa shape index (κ1) is 12.9. The van der Waals surface area contributed by atoms with Gasteiger partial charge in [0.15, 0.2) is 0 Å². The van der Waals surface area contributed by atoms with Crippen molar-refractivity contribution in [2.45, 2.75) is 46.1 Å². The fraction of sp³-hybridized carbons (Fsp3) is 1.00. The van der Waals surface area contributed by atoms with Gasteiger partial charge in [0.1, 0.15) is 0 Å². The molecule has 2 N–H and O–H groups in total. The summed E-state index contributed by atoms with van der Waals surface area (Å²) in [5, 5.41) is 0. The molecule has 0 amide bonds. The van der Waals surface area contributed by atoms with Crippen LogP contribution in [0.3, 0.4) is 0 Å². The van der Waals surface area contributed by atoms with Crippen molar-refractivity contribution < 1.29 is 0 Å². The standard InChI is InChI=1S/C8H19N.H2S/c1-7(2)5-4-6-8(3)9;/h7-8H,4-6,9H2,1-3H3;1H2. The summed E-state index contributed by atoms with van der Waals surface area (Å²) in [5.74, 6) is 0.837. The molecule has 0 aliphatic carbocycles. The van der Waals surface area contributed by atoms with Crippen LogP contribution >= 0.6 is 13.5 Å². The molecule has 2 heteroatoms. The molecule has 0 saturated carbocycles. The van der Waals surface area contributed by atoms with E-state index in [1.807, 2.05) is 0 Å². The van der Waals surface area contributed by atoms with E-state index in [1.165, 1.54) is 19.3 Å². The lowest BCUT2D eigenvalue weighted by atomic mass is 10.0. The second-order valence-electron chi connectivity index (χ2n) is 3.30. The zero-order valence-electron chi connectivity index (χ0n) is 7.35. The van der Waals surface area contributed by atoms with Gasteiger partial charge in [0.05, 0.1) is 0 Å². The summed E-state index contributed by atoms with van der Waals surface area (Å²) in [6.07, 6.45) is 3.79. The van der Waals surface area contributed by atoms with Crippen molar-refractivity contribution in [2.75, 3.05) is 0 Å². The molecule has 0 saturated heterocycles. The fourth-order valence-corrected chi connectivity index (χ4v) is 0.848. The van der Waals surface area contributed by atoms with Gasteiger partial charge < -0.3 is 5.73 Å². The second kappa shape index (κ2) is 7.42. The van der Waals surface area contributed by atoms with E-state index in [2.05, 4.69) is 20.8 Å². The van der Waals surface area contributed by atoms with Crippen LogP contribution < -0.4 is 5.73 Å². The summed E-state index contributed by atoms with van der Waals surface area (Å²) < 4.78 is 0. The topological polar surface area (TPSA) is 26.0 Å². The van der Waals surface area contributed by atoms with Crippen LogP contribution in [0, 0.1) is 5.92 Å². The Bertz CT molecular complexity index is 54.3. The lowest BCUT2D eigenvalue weighted by Crippen LogP contribution is -2.14. The third kappa shape index (κ3) is 11.2. The van der Waals surface area contributed by atoms with Crippen LogP contribution in [-0.2, 0) is 0 Å². The Hall–Kier alpha value is 0.310. The third-order valence-corrected chi connectivity index (χ3v) is 1.44. The highest BCUT2D eigenvalue weighted by molar-refractivity contribution is 7.59. The highest BCUT2D eigenvalue weighted by Crippen LogP contribution is 2.06. The maximum absolute atomic E-state index is 5.58. The predicted molar refractivity (Wildman–Crippen MR) is 52.7 cm³/mol. The Kier molecular flexibility index (Phi) is 9.60. The summed E-state index contributed by atoms with van der Waals surface area (Å²) in [5.41, 5.74) is 5.58. The molecule has 10 heavy (non-hydrogen) atoms. The van der Waals surface area contributed by atoms with Gasteiger partial charge >= 0.3 is 0 Å². The highest BCUT2D eigenvalue weighted by atomic mass is 32.1. The van der Waals surface area contributed by atoms with Crippen molar-refractivity contribution in [1.82, 2.24) is 0 Å². The van der Waals surface area contributed by atoms with E-state index in [9.17, 15) is 0 Å². The Morgan fingerprint density at radius 2 is 1.60 bits per heavy atom. The van der Waals surface area contributed by atoms with Crippen LogP contribution in [0.15, 0.2) is 0 Å². The summed E-state index contributed by atoms with van der Waals surface area (Å²) in [6, 6.07) is 0.392. The van der Waals surface area contributed by atoms with Gasteiger partial charge in [-0.2, -0.15) is 13.5 Å². The first-order valence-corrected chi connectivity index (χ1v) is 3.88. The number of nitrogens with two attached hydrogens (primary N) is 1. The molecule has 0 spiro atoms. The van der Waals surface area contributed by atoms with E-state index in [0.717, 1.165) is 5.92 Å². The molecule has 64 valence electrons. The summed E-state index contributed by atoms with van der Waals surface area (Å²) in [6.45, 7) is 6.57. The van der Waals surface area contributed by atoms with Gasteiger partial charge in [-0.3, -0.25) is 0 Å². The quantitative estimate of drug-likeness (QED) is 0.676. The Morgan fingerprint density at radius 3 is 1.90 bits per heavy atom. The van der Waals surface area contributed by atoms with E-state index < -0.39 is 0 Å². The number of hydrogen-bond acceptors (Lipinski definition) is 1. The van der Waals surface area contributed by atoms with E-state index in [-0.39, 0.29) is 13.5 Å². The molecule has 0 aliphatic heterocycles. The summed E-state index contributed by atoms with van der Waals surface area (Å²) >= 11 is 0. The van der Waals surface area contributed by atoms with Crippen molar-refractivity contribution in [3.63, 3.8) is 0 Å². The lowest BCUT2D eigenvalue weighted by molar-refractivity contribution is 0.511. The molecule has 0 rings (SSSR count). The van der Waals surface area contributed by atoms with E-state index in [4.69, 9.17) is 5.73 Å². The van der Waals surface area contributed by atoms with Crippen LogP contribution in [0.25, 0.3) is 0 Å². The highest BCUT2D eigenvalue weighted by Gasteiger charge is 1.95. The third-order valence-electron chi connectivity index (χ3n) is 1.44. The normalized spacial score (nSPS) is 12.9. The van der Waals surface area contributed by atoms with Gasteiger partial charge in [-0.25, -0.2) is 0 Å². The van der Waals surface area contributed by atoms with Gasteiger partial charge in [-0.05, 0) is 19.3 Å². The first-order valence-electron chi connectivity index (χ1n) is 3.88. The van der Waals surface area contributed by atoms with E-state index in [0.29, 0.717) is 6.04 Å². The maximum Gasteiger partial charge on any atom is 0.00104 e. The molecule has 0 aromatic rings. The van der Waals surface area contributed by atoms with Gasteiger partial charge in [0, 0.05) is 6.04 Å². The van der Waals surface area contributed by atoms with Crippen LogP contribution in [-0.4, -0.2) is 6.04 Å². The molecule has 0 fully saturated rings. The Labute approximate surface area is 71.8 Å². The summed E-state index contributed by atoms with van der Waals surface area (Å²) in [7, 11) is 0. The zero-order chi connectivity index (χ0) is 7.28. The molecule has 1 atom stereocenters. The molecule has 0 bridgehead atoms. The minimum Gasteiger partial charge on any atom is -0.328 e. The minimum atomic E-state index is 0. The molecule has 0 aromatic carbocycles. The fourth-order valence-electron chi connectivity index (χ4n) is 0.848. The van der Waals surface area contributed by atoms with Crippen LogP contribution in [0.2, 0.25) is 0 Å². The smallest absolute Gasteiger partial charge is 0.00104 e. The SMILES string of the molecule is CC(C)CCCC(C)N.S. The molecule has 0 aliphatic rings. The molecule has 0 heterocycles. The molecule has 0 aromatic heterocycles. The van der Waals surface area contributed by atoms with Gasteiger partial charge in [0.25, 0.3) is 0 Å². The predicted octanol–water partition coefficient (Wildman–Crippen LogP) is 2.27. The largest absolute Gasteiger partial charge is 0.328 e. The number of rotatable bonds is 4. The van der Waals surface area contributed by atoms with Crippen LogP contribution in [0.1, 0.15) is 40.0 Å². The lowest BCUT2D eigenvalue weighted by Gasteiger charge is -2.05. The maximum atomic E-state index is 5.58. The van der Waals surface area contributed by atoms with E-state index in [1.54, 1.807) is 0 Å². The number of hydrogen-bond donors (Lipinski definition) is 1. The second-order valence-corrected chi connectivity index (χ2v) is 3.30. The zero-order valence-corrected chi connectivity index (χ0v) is 8.35. The first-order chi connectivity index (χ1) is 4.13. The van der Waals surface area contributed by atoms with E-state index >= 15 is 0 Å².